The molecule has 1 aromatic heterocycles. The molecule has 220 valence electrons. The molecule has 0 aliphatic rings. The first-order valence-electron chi connectivity index (χ1n) is 13.0. The molecular weight excluding hydrogens is 652 g/mol. The fraction of sp³-hybridized carbons (Fsp3) is 0.129. The molecule has 0 aliphatic heterocycles. The number of nitrogens with one attached hydrogen (secondary N) is 2. The first-order valence-corrected chi connectivity index (χ1v) is 15.4. The van der Waals surface area contributed by atoms with E-state index in [4.69, 9.17) is 46.4 Å². The molecule has 5 rings (SSSR count). The van der Waals surface area contributed by atoms with Crippen molar-refractivity contribution in [1.29, 1.82) is 0 Å². The fourth-order valence-corrected chi connectivity index (χ4v) is 6.81. The maximum absolute atomic E-state index is 13.1. The highest BCUT2D eigenvalue weighted by Gasteiger charge is 2.29. The van der Waals surface area contributed by atoms with Crippen LogP contribution in [-0.2, 0) is 11.3 Å². The van der Waals surface area contributed by atoms with Crippen LogP contribution >= 0.6 is 58.2 Å². The summed E-state index contributed by atoms with van der Waals surface area (Å²) in [5.41, 5.74) is 2.29. The van der Waals surface area contributed by atoms with Crippen molar-refractivity contribution in [3.05, 3.63) is 97.9 Å². The van der Waals surface area contributed by atoms with Crippen LogP contribution in [0.4, 0.5) is 11.4 Å². The molecule has 7 nitrogen and oxygen atoms in total. The molecule has 0 fully saturated rings. The van der Waals surface area contributed by atoms with Crippen LogP contribution in [0.5, 0.6) is 0 Å². The average Bonchev–Trinajstić information content (AvgIpc) is 3.30. The van der Waals surface area contributed by atoms with E-state index in [1.54, 1.807) is 31.2 Å². The second-order valence-electron chi connectivity index (χ2n) is 9.54. The maximum Gasteiger partial charge on any atom is 0.338 e. The quantitative estimate of drug-likeness (QED) is 0.0865. The van der Waals surface area contributed by atoms with Gasteiger partial charge in [0.2, 0.25) is 5.91 Å². The Morgan fingerprint density at radius 3 is 2.14 bits per heavy atom. The van der Waals surface area contributed by atoms with Gasteiger partial charge >= 0.3 is 5.97 Å². The summed E-state index contributed by atoms with van der Waals surface area (Å²) in [6, 6.07) is 20.8. The Morgan fingerprint density at radius 2 is 1.44 bits per heavy atom. The maximum atomic E-state index is 13.1. The van der Waals surface area contributed by atoms with Crippen LogP contribution in [0.2, 0.25) is 20.1 Å². The van der Waals surface area contributed by atoms with Gasteiger partial charge in [0.05, 0.1) is 36.5 Å². The lowest BCUT2D eigenvalue weighted by atomic mass is 10.1. The van der Waals surface area contributed by atoms with Crippen LogP contribution in [-0.4, -0.2) is 32.7 Å². The Bertz CT molecular complexity index is 1940. The van der Waals surface area contributed by atoms with Crippen LogP contribution in [0, 0.1) is 0 Å². The van der Waals surface area contributed by atoms with Gasteiger partial charge in [-0.25, -0.2) is 4.79 Å². The van der Waals surface area contributed by atoms with Gasteiger partial charge in [-0.2, -0.15) is 0 Å². The number of aromatic carboxylic acids is 1. The highest BCUT2D eigenvalue weighted by Crippen LogP contribution is 2.42. The van der Waals surface area contributed by atoms with Gasteiger partial charge in [0.25, 0.3) is 5.91 Å². The minimum atomic E-state index is -1.49. The number of hydrogen-bond acceptors (Lipinski definition) is 4. The third kappa shape index (κ3) is 6.03. The zero-order valence-electron chi connectivity index (χ0n) is 22.7. The predicted molar refractivity (Wildman–Crippen MR) is 177 cm³/mol. The predicted octanol–water partition coefficient (Wildman–Crippen LogP) is 9.50. The molecule has 0 saturated carbocycles. The molecule has 0 saturated heterocycles. The zero-order chi connectivity index (χ0) is 31.0. The number of nitrogens with zero attached hydrogens (tertiary/aromatic N) is 1. The van der Waals surface area contributed by atoms with Crippen LogP contribution in [0.15, 0.2) is 71.6 Å². The molecule has 12 heteroatoms. The van der Waals surface area contributed by atoms with Gasteiger partial charge in [0.15, 0.2) is 0 Å². The summed E-state index contributed by atoms with van der Waals surface area (Å²) in [7, 11) is 0. The van der Waals surface area contributed by atoms with E-state index in [0.717, 1.165) is 28.4 Å². The number of aryl methyl sites for hydroxylation is 1. The van der Waals surface area contributed by atoms with Crippen molar-refractivity contribution in [2.24, 2.45) is 0 Å². The largest absolute Gasteiger partial charge is 0.478 e. The Hall–Kier alpha value is -3.40. The molecule has 0 bridgehead atoms. The number of carbonyl (C=O) groups is 3. The second-order valence-corrected chi connectivity index (χ2v) is 12.5. The zero-order valence-corrected chi connectivity index (χ0v) is 26.5. The van der Waals surface area contributed by atoms with Gasteiger partial charge in [0, 0.05) is 44.6 Å². The number of rotatable bonds is 8. The Labute approximate surface area is 271 Å². The summed E-state index contributed by atoms with van der Waals surface area (Å²) < 4.78 is 2.24. The number of para-hydroxylation sites is 1. The van der Waals surface area contributed by atoms with Crippen LogP contribution in [0.25, 0.3) is 21.8 Å². The molecule has 5 aromatic rings. The van der Waals surface area contributed by atoms with Gasteiger partial charge < -0.3 is 20.3 Å². The molecule has 3 N–H and O–H groups in total. The number of thioether (sulfide) groups is 1. The SMILES string of the molecule is CCn1c2ccccc2c2cc(NC(=O)C(C)Sc3cccc(NC(=O)c4c(Cl)c(Cl)c(Cl)c(Cl)c4C(=O)O)c3)ccc21. The van der Waals surface area contributed by atoms with Gasteiger partial charge in [-0.1, -0.05) is 70.7 Å². The van der Waals surface area contributed by atoms with Crippen molar-refractivity contribution in [2.75, 3.05) is 10.6 Å². The lowest BCUT2D eigenvalue weighted by Gasteiger charge is -2.15. The minimum Gasteiger partial charge on any atom is -0.478 e. The molecule has 0 aliphatic carbocycles. The summed E-state index contributed by atoms with van der Waals surface area (Å²) in [5.74, 6) is -2.52. The summed E-state index contributed by atoms with van der Waals surface area (Å²) in [6.07, 6.45) is 0. The summed E-state index contributed by atoms with van der Waals surface area (Å²) in [5, 5.41) is 15.8. The van der Waals surface area contributed by atoms with E-state index in [1.807, 2.05) is 30.3 Å². The number of aromatic nitrogens is 1. The molecule has 0 spiro atoms. The topological polar surface area (TPSA) is 100 Å². The number of amides is 2. The van der Waals surface area contributed by atoms with Gasteiger partial charge in [0.1, 0.15) is 0 Å². The third-order valence-electron chi connectivity index (χ3n) is 6.84. The summed E-state index contributed by atoms with van der Waals surface area (Å²) in [6.45, 7) is 4.72. The lowest BCUT2D eigenvalue weighted by Crippen LogP contribution is -2.22. The lowest BCUT2D eigenvalue weighted by molar-refractivity contribution is -0.115. The number of carboxylic acid groups (broad SMARTS) is 1. The third-order valence-corrected chi connectivity index (χ3v) is 9.73. The first-order chi connectivity index (χ1) is 20.5. The van der Waals surface area contributed by atoms with Crippen molar-refractivity contribution >= 4 is 109 Å². The number of halogens is 4. The van der Waals surface area contributed by atoms with Crippen molar-refractivity contribution < 1.29 is 19.5 Å². The number of fused-ring (bicyclic) bond motifs is 3. The summed E-state index contributed by atoms with van der Waals surface area (Å²) >= 11 is 25.6. The van der Waals surface area contributed by atoms with E-state index in [0.29, 0.717) is 16.3 Å². The average molecular weight is 675 g/mol. The van der Waals surface area contributed by atoms with E-state index in [1.165, 1.54) is 11.8 Å². The molecule has 4 aromatic carbocycles. The number of benzene rings is 4. The Balaban J connectivity index is 1.32. The number of anilines is 2. The first kappa shape index (κ1) is 31.0. The van der Waals surface area contributed by atoms with E-state index < -0.39 is 33.3 Å². The van der Waals surface area contributed by atoms with Crippen molar-refractivity contribution in [2.45, 2.75) is 30.5 Å². The normalized spacial score (nSPS) is 12.0. The van der Waals surface area contributed by atoms with E-state index in [2.05, 4.69) is 34.3 Å². The molecule has 1 unspecified atom stereocenters. The van der Waals surface area contributed by atoms with Crippen LogP contribution < -0.4 is 10.6 Å². The monoisotopic (exact) mass is 673 g/mol. The molecule has 1 heterocycles. The Kier molecular flexibility index (Phi) is 9.15. The van der Waals surface area contributed by atoms with Crippen molar-refractivity contribution in [3.63, 3.8) is 0 Å². The second kappa shape index (κ2) is 12.7. The smallest absolute Gasteiger partial charge is 0.338 e. The minimum absolute atomic E-state index is 0.193. The van der Waals surface area contributed by atoms with Gasteiger partial charge in [-0.05, 0) is 56.3 Å². The number of carboxylic acids is 1. The fourth-order valence-electron chi connectivity index (χ4n) is 4.86. The number of hydrogen-bond donors (Lipinski definition) is 3. The molecule has 0 radical (unpaired) electrons. The van der Waals surface area contributed by atoms with E-state index >= 15 is 0 Å². The highest BCUT2D eigenvalue weighted by molar-refractivity contribution is 8.00. The molecule has 43 heavy (non-hydrogen) atoms. The van der Waals surface area contributed by atoms with E-state index in [9.17, 15) is 19.5 Å². The van der Waals surface area contributed by atoms with Crippen molar-refractivity contribution in [1.82, 2.24) is 4.57 Å². The number of carbonyl (C=O) groups excluding carboxylic acids is 2. The standard InChI is InChI=1S/C31H23Cl4N3O4S/c1-3-38-21-10-5-4-9-19(21)20-14-17(11-12-22(20)38)36-29(39)15(2)43-18-8-6-7-16(13-18)37-30(40)23-24(31(41)42)26(33)28(35)27(34)25(23)32/h4-15H,3H2,1-2H3,(H,36,39)(H,37,40)(H,41,42). The molecule has 2 amide bonds. The van der Waals surface area contributed by atoms with Gasteiger partial charge in [-0.3, -0.25) is 9.59 Å². The Morgan fingerprint density at radius 1 is 0.791 bits per heavy atom. The molecule has 1 atom stereocenters. The van der Waals surface area contributed by atoms with Crippen LogP contribution in [0.1, 0.15) is 34.6 Å². The van der Waals surface area contributed by atoms with Gasteiger partial charge in [-0.15, -0.1) is 11.8 Å². The molecular formula is C31H23Cl4N3O4S. The van der Waals surface area contributed by atoms with Crippen LogP contribution in [0.3, 0.4) is 0 Å². The van der Waals surface area contributed by atoms with E-state index in [-0.39, 0.29) is 21.0 Å². The summed E-state index contributed by atoms with van der Waals surface area (Å²) in [4.78, 5) is 38.8. The highest BCUT2D eigenvalue weighted by atomic mass is 35.5. The van der Waals surface area contributed by atoms with Crippen molar-refractivity contribution in [3.8, 4) is 0 Å².